The van der Waals surface area contributed by atoms with Crippen molar-refractivity contribution >= 4 is 6.09 Å². The van der Waals surface area contributed by atoms with Crippen molar-refractivity contribution < 1.29 is 14.3 Å². The van der Waals surface area contributed by atoms with Crippen molar-refractivity contribution in [3.63, 3.8) is 0 Å². The van der Waals surface area contributed by atoms with Crippen molar-refractivity contribution in [1.82, 2.24) is 9.80 Å². The number of hydrogen-bond donors (Lipinski definition) is 0. The smallest absolute Gasteiger partial charge is 0.410 e. The summed E-state index contributed by atoms with van der Waals surface area (Å²) in [6.45, 7) is 13.1. The second-order valence-corrected chi connectivity index (χ2v) is 6.70. The molecule has 0 spiro atoms. The largest absolute Gasteiger partial charge is 0.444 e. The molecule has 1 aliphatic rings. The minimum atomic E-state index is -0.460. The van der Waals surface area contributed by atoms with Crippen molar-refractivity contribution in [2.75, 3.05) is 33.4 Å². The number of amides is 1. The second-order valence-electron chi connectivity index (χ2n) is 6.70. The van der Waals surface area contributed by atoms with E-state index in [1.807, 2.05) is 25.7 Å². The zero-order valence-corrected chi connectivity index (χ0v) is 13.8. The van der Waals surface area contributed by atoms with Crippen LogP contribution in [0.5, 0.6) is 0 Å². The molecule has 1 amide bonds. The van der Waals surface area contributed by atoms with Crippen LogP contribution in [0, 0.1) is 0 Å². The van der Waals surface area contributed by atoms with Crippen LogP contribution in [0.3, 0.4) is 0 Å². The SMILES string of the molecule is COCCN(C(=O)OC(C)(C)C)C1CCN(C(C)C)C1. The van der Waals surface area contributed by atoms with Gasteiger partial charge < -0.3 is 14.4 Å². The Morgan fingerprint density at radius 1 is 1.40 bits per heavy atom. The molecule has 0 aliphatic carbocycles. The Morgan fingerprint density at radius 3 is 2.50 bits per heavy atom. The molecule has 1 atom stereocenters. The van der Waals surface area contributed by atoms with Gasteiger partial charge in [-0.2, -0.15) is 0 Å². The number of likely N-dealkylation sites (tertiary alicyclic amines) is 1. The molecule has 1 fully saturated rings. The number of methoxy groups -OCH3 is 1. The Morgan fingerprint density at radius 2 is 2.05 bits per heavy atom. The van der Waals surface area contributed by atoms with Crippen LogP contribution in [0.4, 0.5) is 4.79 Å². The highest BCUT2D eigenvalue weighted by molar-refractivity contribution is 5.68. The predicted octanol–water partition coefficient (Wildman–Crippen LogP) is 2.35. The molecule has 5 nitrogen and oxygen atoms in total. The summed E-state index contributed by atoms with van der Waals surface area (Å²) >= 11 is 0. The molecule has 0 aromatic rings. The van der Waals surface area contributed by atoms with E-state index >= 15 is 0 Å². The third-order valence-electron chi connectivity index (χ3n) is 3.53. The minimum absolute atomic E-state index is 0.224. The molecular weight excluding hydrogens is 256 g/mol. The molecule has 1 heterocycles. The van der Waals surface area contributed by atoms with Gasteiger partial charge in [-0.25, -0.2) is 4.79 Å². The molecule has 5 heteroatoms. The van der Waals surface area contributed by atoms with Gasteiger partial charge in [0.2, 0.25) is 0 Å². The molecule has 0 aromatic carbocycles. The van der Waals surface area contributed by atoms with E-state index in [9.17, 15) is 4.79 Å². The first kappa shape index (κ1) is 17.2. The first-order chi connectivity index (χ1) is 9.24. The van der Waals surface area contributed by atoms with E-state index in [4.69, 9.17) is 9.47 Å². The summed E-state index contributed by atoms with van der Waals surface area (Å²) in [6, 6.07) is 0.741. The number of ether oxygens (including phenoxy) is 2. The van der Waals surface area contributed by atoms with Crippen LogP contribution < -0.4 is 0 Å². The van der Waals surface area contributed by atoms with Gasteiger partial charge in [0, 0.05) is 38.8 Å². The molecule has 20 heavy (non-hydrogen) atoms. The lowest BCUT2D eigenvalue weighted by Crippen LogP contribution is -2.46. The van der Waals surface area contributed by atoms with Crippen LogP contribution in [0.15, 0.2) is 0 Å². The molecule has 1 unspecified atom stereocenters. The van der Waals surface area contributed by atoms with Crippen LogP contribution >= 0.6 is 0 Å². The zero-order valence-electron chi connectivity index (χ0n) is 13.8. The van der Waals surface area contributed by atoms with E-state index in [1.165, 1.54) is 0 Å². The van der Waals surface area contributed by atoms with Crippen LogP contribution in [0.25, 0.3) is 0 Å². The van der Waals surface area contributed by atoms with Gasteiger partial charge in [0.25, 0.3) is 0 Å². The molecule has 0 radical (unpaired) electrons. The third kappa shape index (κ3) is 5.29. The first-order valence-electron chi connectivity index (χ1n) is 7.47. The molecule has 118 valence electrons. The molecule has 1 rings (SSSR count). The van der Waals surface area contributed by atoms with Gasteiger partial charge in [-0.1, -0.05) is 0 Å². The Hall–Kier alpha value is -0.810. The monoisotopic (exact) mass is 286 g/mol. The normalized spacial score (nSPS) is 20.4. The molecule has 1 saturated heterocycles. The minimum Gasteiger partial charge on any atom is -0.444 e. The number of nitrogens with zero attached hydrogens (tertiary/aromatic N) is 2. The van der Waals surface area contributed by atoms with Gasteiger partial charge in [0.05, 0.1) is 6.61 Å². The number of hydrogen-bond acceptors (Lipinski definition) is 4. The van der Waals surface area contributed by atoms with Crippen LogP contribution in [-0.4, -0.2) is 66.9 Å². The summed E-state index contributed by atoms with van der Waals surface area (Å²) in [5, 5.41) is 0. The summed E-state index contributed by atoms with van der Waals surface area (Å²) in [5.41, 5.74) is -0.460. The number of carbonyl (C=O) groups excluding carboxylic acids is 1. The van der Waals surface area contributed by atoms with E-state index in [-0.39, 0.29) is 12.1 Å². The lowest BCUT2D eigenvalue weighted by Gasteiger charge is -2.32. The van der Waals surface area contributed by atoms with Crippen molar-refractivity contribution in [1.29, 1.82) is 0 Å². The third-order valence-corrected chi connectivity index (χ3v) is 3.53. The van der Waals surface area contributed by atoms with Gasteiger partial charge in [-0.05, 0) is 41.0 Å². The van der Waals surface area contributed by atoms with Gasteiger partial charge in [-0.15, -0.1) is 0 Å². The van der Waals surface area contributed by atoms with Crippen molar-refractivity contribution in [3.05, 3.63) is 0 Å². The average Bonchev–Trinajstić information content (AvgIpc) is 2.76. The number of carbonyl (C=O) groups is 1. The van der Waals surface area contributed by atoms with E-state index in [0.717, 1.165) is 19.5 Å². The van der Waals surface area contributed by atoms with Crippen LogP contribution in [-0.2, 0) is 9.47 Å². The van der Waals surface area contributed by atoms with Crippen LogP contribution in [0.1, 0.15) is 41.0 Å². The average molecular weight is 286 g/mol. The van der Waals surface area contributed by atoms with Gasteiger partial charge in [0.15, 0.2) is 0 Å². The maximum Gasteiger partial charge on any atom is 0.410 e. The van der Waals surface area contributed by atoms with Crippen LogP contribution in [0.2, 0.25) is 0 Å². The summed E-state index contributed by atoms with van der Waals surface area (Å²) < 4.78 is 10.6. The zero-order chi connectivity index (χ0) is 15.3. The standard InChI is InChI=1S/C15H30N2O3/c1-12(2)16-8-7-13(11-16)17(9-10-19-6)14(18)20-15(3,4)5/h12-13H,7-11H2,1-6H3. The number of rotatable bonds is 5. The Bertz CT molecular complexity index is 313. The molecule has 0 aromatic heterocycles. The Balaban J connectivity index is 2.67. The fourth-order valence-electron chi connectivity index (χ4n) is 2.42. The fraction of sp³-hybridized carbons (Fsp3) is 0.933. The van der Waals surface area contributed by atoms with Gasteiger partial charge in [-0.3, -0.25) is 4.90 Å². The highest BCUT2D eigenvalue weighted by Crippen LogP contribution is 2.20. The van der Waals surface area contributed by atoms with E-state index < -0.39 is 5.60 Å². The maximum atomic E-state index is 12.4. The quantitative estimate of drug-likeness (QED) is 0.778. The van der Waals surface area contributed by atoms with E-state index in [2.05, 4.69) is 18.7 Å². The Labute approximate surface area is 123 Å². The maximum absolute atomic E-state index is 12.4. The van der Waals surface area contributed by atoms with E-state index in [1.54, 1.807) is 7.11 Å². The lowest BCUT2D eigenvalue weighted by molar-refractivity contribution is 0.0109. The van der Waals surface area contributed by atoms with Crippen molar-refractivity contribution in [2.45, 2.75) is 58.7 Å². The summed E-state index contributed by atoms with van der Waals surface area (Å²) in [7, 11) is 1.66. The molecule has 0 bridgehead atoms. The molecule has 1 aliphatic heterocycles. The predicted molar refractivity (Wildman–Crippen MR) is 79.9 cm³/mol. The topological polar surface area (TPSA) is 42.0 Å². The molecular formula is C15H30N2O3. The molecule has 0 saturated carbocycles. The summed E-state index contributed by atoms with van der Waals surface area (Å²) in [4.78, 5) is 16.6. The Kier molecular flexibility index (Phi) is 6.27. The fourth-order valence-corrected chi connectivity index (χ4v) is 2.42. The van der Waals surface area contributed by atoms with Crippen molar-refractivity contribution in [3.8, 4) is 0 Å². The van der Waals surface area contributed by atoms with Gasteiger partial charge >= 0.3 is 6.09 Å². The summed E-state index contributed by atoms with van der Waals surface area (Å²) in [5.74, 6) is 0. The van der Waals surface area contributed by atoms with E-state index in [0.29, 0.717) is 19.2 Å². The second kappa shape index (κ2) is 7.27. The molecule has 0 N–H and O–H groups in total. The highest BCUT2D eigenvalue weighted by atomic mass is 16.6. The van der Waals surface area contributed by atoms with Crippen molar-refractivity contribution in [2.24, 2.45) is 0 Å². The summed E-state index contributed by atoms with van der Waals surface area (Å²) in [6.07, 6.45) is 0.770. The highest BCUT2D eigenvalue weighted by Gasteiger charge is 2.33. The first-order valence-corrected chi connectivity index (χ1v) is 7.47. The van der Waals surface area contributed by atoms with Gasteiger partial charge in [0.1, 0.15) is 5.60 Å². The lowest BCUT2D eigenvalue weighted by atomic mass is 10.2.